The van der Waals surface area contributed by atoms with Crippen molar-refractivity contribution in [1.82, 2.24) is 5.32 Å². The van der Waals surface area contributed by atoms with Crippen molar-refractivity contribution >= 4 is 29.3 Å². The van der Waals surface area contributed by atoms with Gasteiger partial charge in [0, 0.05) is 23.7 Å². The highest BCUT2D eigenvalue weighted by Crippen LogP contribution is 2.25. The van der Waals surface area contributed by atoms with Crippen molar-refractivity contribution in [2.24, 2.45) is 5.92 Å². The fraction of sp³-hybridized carbons (Fsp3) is 0.300. The SMILES string of the molecule is CSc1ccc(CCNC(=O)C2CCN(c3ccccc3)C2=O)cc1. The lowest BCUT2D eigenvalue weighted by Gasteiger charge is -2.16. The highest BCUT2D eigenvalue weighted by molar-refractivity contribution is 7.98. The zero-order valence-electron chi connectivity index (χ0n) is 14.3. The first-order valence-electron chi connectivity index (χ1n) is 8.46. The predicted octanol–water partition coefficient (Wildman–Crippen LogP) is 3.12. The van der Waals surface area contributed by atoms with Crippen molar-refractivity contribution in [3.05, 3.63) is 60.2 Å². The molecule has 1 aliphatic heterocycles. The van der Waals surface area contributed by atoms with Gasteiger partial charge in [0.1, 0.15) is 5.92 Å². The Labute approximate surface area is 152 Å². The van der Waals surface area contributed by atoms with Crippen LogP contribution in [0, 0.1) is 5.92 Å². The van der Waals surface area contributed by atoms with Crippen LogP contribution in [-0.4, -0.2) is 31.2 Å². The number of nitrogens with zero attached hydrogens (tertiary/aromatic N) is 1. The second-order valence-corrected chi connectivity index (χ2v) is 6.94. The van der Waals surface area contributed by atoms with E-state index in [2.05, 4.69) is 29.6 Å². The second-order valence-electron chi connectivity index (χ2n) is 6.06. The molecule has 1 fully saturated rings. The number of hydrogen-bond donors (Lipinski definition) is 1. The Kier molecular flexibility index (Phi) is 5.76. The van der Waals surface area contributed by atoms with Gasteiger partial charge in [0.2, 0.25) is 11.8 Å². The Balaban J connectivity index is 1.51. The Bertz CT molecular complexity index is 731. The van der Waals surface area contributed by atoms with Gasteiger partial charge >= 0.3 is 0 Å². The molecule has 25 heavy (non-hydrogen) atoms. The smallest absolute Gasteiger partial charge is 0.239 e. The van der Waals surface area contributed by atoms with E-state index < -0.39 is 5.92 Å². The van der Waals surface area contributed by atoms with Gasteiger partial charge in [-0.05, 0) is 48.9 Å². The van der Waals surface area contributed by atoms with E-state index in [1.807, 2.05) is 36.6 Å². The molecule has 0 aromatic heterocycles. The standard InChI is InChI=1S/C20H22N2O2S/c1-25-17-9-7-15(8-10-17)11-13-21-19(23)18-12-14-22(20(18)24)16-5-3-2-4-6-16/h2-10,18H,11-14H2,1H3,(H,21,23). The number of thioether (sulfide) groups is 1. The van der Waals surface area contributed by atoms with Gasteiger partial charge in [-0.2, -0.15) is 0 Å². The van der Waals surface area contributed by atoms with Crippen LogP contribution in [0.25, 0.3) is 0 Å². The number of rotatable bonds is 6. The maximum Gasteiger partial charge on any atom is 0.239 e. The van der Waals surface area contributed by atoms with E-state index in [1.54, 1.807) is 16.7 Å². The molecule has 4 nitrogen and oxygen atoms in total. The molecule has 1 heterocycles. The Hall–Kier alpha value is -2.27. The van der Waals surface area contributed by atoms with Crippen LogP contribution in [0.1, 0.15) is 12.0 Å². The molecule has 3 rings (SSSR count). The number of hydrogen-bond acceptors (Lipinski definition) is 3. The minimum Gasteiger partial charge on any atom is -0.355 e. The molecule has 1 N–H and O–H groups in total. The van der Waals surface area contributed by atoms with Crippen LogP contribution < -0.4 is 10.2 Å². The summed E-state index contributed by atoms with van der Waals surface area (Å²) < 4.78 is 0. The van der Waals surface area contributed by atoms with Gasteiger partial charge in [-0.1, -0.05) is 30.3 Å². The summed E-state index contributed by atoms with van der Waals surface area (Å²) in [5.41, 5.74) is 2.04. The Morgan fingerprint density at radius 3 is 2.56 bits per heavy atom. The van der Waals surface area contributed by atoms with Gasteiger partial charge in [0.25, 0.3) is 0 Å². The number of benzene rings is 2. The van der Waals surface area contributed by atoms with Crippen LogP contribution in [0.2, 0.25) is 0 Å². The van der Waals surface area contributed by atoms with E-state index in [0.717, 1.165) is 12.1 Å². The zero-order valence-corrected chi connectivity index (χ0v) is 15.1. The summed E-state index contributed by atoms with van der Waals surface area (Å²) in [5.74, 6) is -0.837. The number of para-hydroxylation sites is 1. The molecule has 130 valence electrons. The number of amides is 2. The van der Waals surface area contributed by atoms with Crippen LogP contribution in [-0.2, 0) is 16.0 Å². The Morgan fingerprint density at radius 1 is 1.16 bits per heavy atom. The molecule has 0 bridgehead atoms. The van der Waals surface area contributed by atoms with Gasteiger partial charge in [0.05, 0.1) is 0 Å². The van der Waals surface area contributed by atoms with Gasteiger partial charge in [-0.25, -0.2) is 0 Å². The average Bonchev–Trinajstić information content (AvgIpc) is 3.04. The molecule has 2 aromatic carbocycles. The largest absolute Gasteiger partial charge is 0.355 e. The van der Waals surface area contributed by atoms with Crippen LogP contribution in [0.3, 0.4) is 0 Å². The summed E-state index contributed by atoms with van der Waals surface area (Å²) in [7, 11) is 0. The third kappa shape index (κ3) is 4.23. The van der Waals surface area contributed by atoms with Crippen molar-refractivity contribution in [3.8, 4) is 0 Å². The summed E-state index contributed by atoms with van der Waals surface area (Å²) in [6.45, 7) is 1.14. The minimum atomic E-state index is -0.570. The molecule has 2 amide bonds. The Morgan fingerprint density at radius 2 is 1.88 bits per heavy atom. The molecule has 1 unspecified atom stereocenters. The number of carbonyl (C=O) groups is 2. The first kappa shape index (κ1) is 17.5. The maximum absolute atomic E-state index is 12.5. The fourth-order valence-electron chi connectivity index (χ4n) is 3.03. The predicted molar refractivity (Wildman–Crippen MR) is 102 cm³/mol. The van der Waals surface area contributed by atoms with Gasteiger partial charge in [-0.3, -0.25) is 9.59 Å². The topological polar surface area (TPSA) is 49.4 Å². The van der Waals surface area contributed by atoms with E-state index in [-0.39, 0.29) is 11.8 Å². The highest BCUT2D eigenvalue weighted by Gasteiger charge is 2.37. The summed E-state index contributed by atoms with van der Waals surface area (Å²) in [4.78, 5) is 27.8. The van der Waals surface area contributed by atoms with E-state index in [9.17, 15) is 9.59 Å². The van der Waals surface area contributed by atoms with E-state index in [0.29, 0.717) is 19.5 Å². The van der Waals surface area contributed by atoms with E-state index >= 15 is 0 Å². The van der Waals surface area contributed by atoms with Crippen LogP contribution in [0.15, 0.2) is 59.5 Å². The van der Waals surface area contributed by atoms with E-state index in [4.69, 9.17) is 0 Å². The maximum atomic E-state index is 12.5. The molecule has 0 radical (unpaired) electrons. The van der Waals surface area contributed by atoms with Crippen molar-refractivity contribution in [1.29, 1.82) is 0 Å². The number of anilines is 1. The van der Waals surface area contributed by atoms with Gasteiger partial charge in [-0.15, -0.1) is 11.8 Å². The normalized spacial score (nSPS) is 16.9. The van der Waals surface area contributed by atoms with Crippen LogP contribution in [0.4, 0.5) is 5.69 Å². The van der Waals surface area contributed by atoms with Crippen LogP contribution in [0.5, 0.6) is 0 Å². The molecule has 0 saturated carbocycles. The molecule has 5 heteroatoms. The minimum absolute atomic E-state index is 0.104. The molecule has 0 aliphatic carbocycles. The molecular weight excluding hydrogens is 332 g/mol. The molecular formula is C20H22N2O2S. The zero-order chi connectivity index (χ0) is 17.6. The third-order valence-corrected chi connectivity index (χ3v) is 5.21. The molecule has 2 aromatic rings. The monoisotopic (exact) mass is 354 g/mol. The first-order valence-corrected chi connectivity index (χ1v) is 9.68. The lowest BCUT2D eigenvalue weighted by molar-refractivity contribution is -0.132. The van der Waals surface area contributed by atoms with E-state index in [1.165, 1.54) is 10.5 Å². The fourth-order valence-corrected chi connectivity index (χ4v) is 3.44. The van der Waals surface area contributed by atoms with Gasteiger partial charge in [0.15, 0.2) is 0 Å². The third-order valence-electron chi connectivity index (χ3n) is 4.46. The number of nitrogens with one attached hydrogen (secondary N) is 1. The summed E-state index contributed by atoms with van der Waals surface area (Å²) >= 11 is 1.71. The molecule has 0 spiro atoms. The average molecular weight is 354 g/mol. The lowest BCUT2D eigenvalue weighted by Crippen LogP contribution is -2.37. The van der Waals surface area contributed by atoms with Gasteiger partial charge < -0.3 is 10.2 Å². The lowest BCUT2D eigenvalue weighted by atomic mass is 10.1. The summed E-state index contributed by atoms with van der Waals surface area (Å²) in [6, 6.07) is 17.8. The highest BCUT2D eigenvalue weighted by atomic mass is 32.2. The molecule has 1 saturated heterocycles. The quantitative estimate of drug-likeness (QED) is 0.640. The van der Waals surface area contributed by atoms with Crippen molar-refractivity contribution < 1.29 is 9.59 Å². The summed E-state index contributed by atoms with van der Waals surface area (Å²) in [5, 5.41) is 2.91. The van der Waals surface area contributed by atoms with Crippen LogP contribution >= 0.6 is 11.8 Å². The first-order chi connectivity index (χ1) is 12.2. The van der Waals surface area contributed by atoms with Crippen molar-refractivity contribution in [3.63, 3.8) is 0 Å². The second kappa shape index (κ2) is 8.21. The number of carbonyl (C=O) groups excluding carboxylic acids is 2. The summed E-state index contributed by atoms with van der Waals surface area (Å²) in [6.07, 6.45) is 3.39. The van der Waals surface area contributed by atoms with Crippen molar-refractivity contribution in [2.75, 3.05) is 24.2 Å². The molecule has 1 atom stereocenters. The molecule has 1 aliphatic rings. The van der Waals surface area contributed by atoms with Crippen molar-refractivity contribution in [2.45, 2.75) is 17.7 Å².